The van der Waals surface area contributed by atoms with Gasteiger partial charge in [0.25, 0.3) is 0 Å². The van der Waals surface area contributed by atoms with E-state index in [9.17, 15) is 0 Å². The van der Waals surface area contributed by atoms with Gasteiger partial charge in [0.15, 0.2) is 0 Å². The van der Waals surface area contributed by atoms with Gasteiger partial charge in [0.2, 0.25) is 0 Å². The summed E-state index contributed by atoms with van der Waals surface area (Å²) in [7, 11) is 0. The van der Waals surface area contributed by atoms with Gasteiger partial charge in [0.05, 0.1) is 0 Å². The third-order valence-corrected chi connectivity index (χ3v) is 4.11. The first-order chi connectivity index (χ1) is 7.74. The fourth-order valence-electron chi connectivity index (χ4n) is 2.51. The molecule has 0 unspecified atom stereocenters. The van der Waals surface area contributed by atoms with E-state index in [0.29, 0.717) is 5.41 Å². The molecule has 0 heterocycles. The van der Waals surface area contributed by atoms with E-state index in [4.69, 9.17) is 0 Å². The molecule has 1 aromatic carbocycles. The van der Waals surface area contributed by atoms with Crippen LogP contribution in [0.1, 0.15) is 43.7 Å². The molecule has 16 heavy (non-hydrogen) atoms. The molecule has 0 atom stereocenters. The average molecular weight is 217 g/mol. The second-order valence-electron chi connectivity index (χ2n) is 5.30. The molecule has 0 radical (unpaired) electrons. The summed E-state index contributed by atoms with van der Waals surface area (Å²) in [4.78, 5) is 0. The van der Waals surface area contributed by atoms with Crippen molar-refractivity contribution in [3.05, 3.63) is 35.4 Å². The van der Waals surface area contributed by atoms with Crippen LogP contribution in [0, 0.1) is 12.3 Å². The maximum atomic E-state index is 3.61. The van der Waals surface area contributed by atoms with Gasteiger partial charge in [-0.05, 0) is 37.2 Å². The summed E-state index contributed by atoms with van der Waals surface area (Å²) in [6.45, 7) is 6.67. The summed E-state index contributed by atoms with van der Waals surface area (Å²) in [6.07, 6.45) is 5.60. The van der Waals surface area contributed by atoms with Crippen LogP contribution in [0.4, 0.5) is 0 Å². The van der Waals surface area contributed by atoms with Crippen molar-refractivity contribution < 1.29 is 0 Å². The Balaban J connectivity index is 1.77. The Bertz CT molecular complexity index is 316. The molecule has 2 rings (SSSR count). The largest absolute Gasteiger partial charge is 0.312 e. The van der Waals surface area contributed by atoms with Crippen LogP contribution in [-0.4, -0.2) is 6.54 Å². The minimum absolute atomic E-state index is 0.630. The highest BCUT2D eigenvalue weighted by atomic mass is 14.9. The Kier molecular flexibility index (Phi) is 3.65. The van der Waals surface area contributed by atoms with Crippen LogP contribution in [0.25, 0.3) is 0 Å². The SMILES string of the molecule is CCC1(CNCc2ccc(C)cc2)CCC1. The first kappa shape index (κ1) is 11.7. The lowest BCUT2D eigenvalue weighted by molar-refractivity contribution is 0.124. The number of benzene rings is 1. The second kappa shape index (κ2) is 5.01. The average Bonchev–Trinajstić information content (AvgIpc) is 2.25. The van der Waals surface area contributed by atoms with Gasteiger partial charge in [-0.2, -0.15) is 0 Å². The fourth-order valence-corrected chi connectivity index (χ4v) is 2.51. The van der Waals surface area contributed by atoms with E-state index < -0.39 is 0 Å². The second-order valence-corrected chi connectivity index (χ2v) is 5.30. The van der Waals surface area contributed by atoms with Crippen molar-refractivity contribution in [1.82, 2.24) is 5.32 Å². The molecule has 0 bridgehead atoms. The number of hydrogen-bond acceptors (Lipinski definition) is 1. The minimum atomic E-state index is 0.630. The van der Waals surface area contributed by atoms with Crippen LogP contribution in [0.15, 0.2) is 24.3 Å². The Morgan fingerprint density at radius 2 is 1.88 bits per heavy atom. The van der Waals surface area contributed by atoms with Crippen LogP contribution >= 0.6 is 0 Å². The lowest BCUT2D eigenvalue weighted by atomic mass is 9.67. The predicted octanol–water partition coefficient (Wildman–Crippen LogP) is 3.66. The Morgan fingerprint density at radius 3 is 2.38 bits per heavy atom. The summed E-state index contributed by atoms with van der Waals surface area (Å²) in [5.74, 6) is 0. The molecule has 1 fully saturated rings. The number of aryl methyl sites for hydroxylation is 1. The maximum Gasteiger partial charge on any atom is 0.0205 e. The Morgan fingerprint density at radius 1 is 1.19 bits per heavy atom. The lowest BCUT2D eigenvalue weighted by Gasteiger charge is -2.41. The minimum Gasteiger partial charge on any atom is -0.312 e. The van der Waals surface area contributed by atoms with Crippen molar-refractivity contribution in [3.8, 4) is 0 Å². The molecule has 1 aliphatic carbocycles. The molecule has 0 aliphatic heterocycles. The normalized spacial score (nSPS) is 18.1. The van der Waals surface area contributed by atoms with Crippen molar-refractivity contribution in [3.63, 3.8) is 0 Å². The maximum absolute atomic E-state index is 3.61. The summed E-state index contributed by atoms with van der Waals surface area (Å²) in [6, 6.07) is 8.83. The van der Waals surface area contributed by atoms with Gasteiger partial charge in [-0.15, -0.1) is 0 Å². The van der Waals surface area contributed by atoms with Crippen molar-refractivity contribution in [2.75, 3.05) is 6.54 Å². The zero-order valence-corrected chi connectivity index (χ0v) is 10.6. The fraction of sp³-hybridized carbons (Fsp3) is 0.600. The van der Waals surface area contributed by atoms with Crippen LogP contribution in [0.5, 0.6) is 0 Å². The highest BCUT2D eigenvalue weighted by molar-refractivity contribution is 5.21. The van der Waals surface area contributed by atoms with E-state index in [0.717, 1.165) is 6.54 Å². The monoisotopic (exact) mass is 217 g/mol. The molecule has 1 saturated carbocycles. The first-order valence-corrected chi connectivity index (χ1v) is 6.50. The van der Waals surface area contributed by atoms with E-state index in [1.807, 2.05) is 0 Å². The number of hydrogen-bond donors (Lipinski definition) is 1. The summed E-state index contributed by atoms with van der Waals surface area (Å²) in [5, 5.41) is 3.61. The zero-order valence-electron chi connectivity index (χ0n) is 10.6. The summed E-state index contributed by atoms with van der Waals surface area (Å²) < 4.78 is 0. The van der Waals surface area contributed by atoms with E-state index >= 15 is 0 Å². The van der Waals surface area contributed by atoms with E-state index in [-0.39, 0.29) is 0 Å². The molecule has 88 valence electrons. The van der Waals surface area contributed by atoms with Crippen molar-refractivity contribution in [2.24, 2.45) is 5.41 Å². The van der Waals surface area contributed by atoms with Crippen LogP contribution in [0.2, 0.25) is 0 Å². The van der Waals surface area contributed by atoms with Gasteiger partial charge in [-0.25, -0.2) is 0 Å². The third-order valence-electron chi connectivity index (χ3n) is 4.11. The van der Waals surface area contributed by atoms with Gasteiger partial charge in [0.1, 0.15) is 0 Å². The highest BCUT2D eigenvalue weighted by Crippen LogP contribution is 2.43. The third kappa shape index (κ3) is 2.65. The first-order valence-electron chi connectivity index (χ1n) is 6.50. The van der Waals surface area contributed by atoms with Gasteiger partial charge in [0, 0.05) is 13.1 Å². The quantitative estimate of drug-likeness (QED) is 0.793. The smallest absolute Gasteiger partial charge is 0.0205 e. The molecule has 1 nitrogen and oxygen atoms in total. The number of rotatable bonds is 5. The van der Waals surface area contributed by atoms with Gasteiger partial charge in [-0.3, -0.25) is 0 Å². The molecule has 0 saturated heterocycles. The van der Waals surface area contributed by atoms with Crippen LogP contribution < -0.4 is 5.32 Å². The zero-order chi connectivity index (χ0) is 11.4. The number of nitrogens with one attached hydrogen (secondary N) is 1. The predicted molar refractivity (Wildman–Crippen MR) is 69.5 cm³/mol. The summed E-state index contributed by atoms with van der Waals surface area (Å²) in [5.41, 5.74) is 3.37. The molecule has 1 heteroatoms. The van der Waals surface area contributed by atoms with Gasteiger partial charge < -0.3 is 5.32 Å². The van der Waals surface area contributed by atoms with E-state index in [2.05, 4.69) is 43.4 Å². The molecular weight excluding hydrogens is 194 g/mol. The molecule has 0 aromatic heterocycles. The van der Waals surface area contributed by atoms with E-state index in [1.165, 1.54) is 43.4 Å². The van der Waals surface area contributed by atoms with E-state index in [1.54, 1.807) is 0 Å². The molecule has 0 amide bonds. The van der Waals surface area contributed by atoms with Crippen LogP contribution in [-0.2, 0) is 6.54 Å². The molecule has 1 aromatic rings. The molecule has 1 N–H and O–H groups in total. The van der Waals surface area contributed by atoms with Gasteiger partial charge >= 0.3 is 0 Å². The Labute approximate surface area is 99.3 Å². The lowest BCUT2D eigenvalue weighted by Crippen LogP contribution is -2.39. The van der Waals surface area contributed by atoms with Crippen molar-refractivity contribution in [2.45, 2.75) is 46.1 Å². The van der Waals surface area contributed by atoms with Crippen molar-refractivity contribution in [1.29, 1.82) is 0 Å². The molecule has 1 aliphatic rings. The highest BCUT2D eigenvalue weighted by Gasteiger charge is 2.34. The van der Waals surface area contributed by atoms with Crippen molar-refractivity contribution >= 4 is 0 Å². The summed E-state index contributed by atoms with van der Waals surface area (Å²) >= 11 is 0. The Hall–Kier alpha value is -0.820. The van der Waals surface area contributed by atoms with Crippen LogP contribution in [0.3, 0.4) is 0 Å². The standard InChI is InChI=1S/C15H23N/c1-3-15(9-4-10-15)12-16-11-14-7-5-13(2)6-8-14/h5-8,16H,3-4,9-12H2,1-2H3. The molecule has 0 spiro atoms. The topological polar surface area (TPSA) is 12.0 Å². The molecular formula is C15H23N. The van der Waals surface area contributed by atoms with Gasteiger partial charge in [-0.1, -0.05) is 43.2 Å².